The normalized spacial score (nSPS) is 15.4. The van der Waals surface area contributed by atoms with Crippen LogP contribution in [0.4, 0.5) is 4.79 Å². The third-order valence-electron chi connectivity index (χ3n) is 5.06. The average molecular weight is 405 g/mol. The minimum absolute atomic E-state index is 0.107. The second-order valence-electron chi connectivity index (χ2n) is 7.84. The van der Waals surface area contributed by atoms with Crippen molar-refractivity contribution < 1.29 is 23.9 Å². The van der Waals surface area contributed by atoms with E-state index >= 15 is 0 Å². The van der Waals surface area contributed by atoms with Crippen molar-refractivity contribution in [2.24, 2.45) is 11.8 Å². The third-order valence-corrected chi connectivity index (χ3v) is 5.06. The fourth-order valence-electron chi connectivity index (χ4n) is 3.32. The first-order valence-electron chi connectivity index (χ1n) is 10.4. The molecule has 7 heteroatoms. The Morgan fingerprint density at radius 3 is 2.38 bits per heavy atom. The van der Waals surface area contributed by atoms with Crippen molar-refractivity contribution in [1.29, 1.82) is 0 Å². The Kier molecular flexibility index (Phi) is 9.47. The van der Waals surface area contributed by atoms with E-state index in [-0.39, 0.29) is 25.0 Å². The molecule has 1 aromatic carbocycles. The quantitative estimate of drug-likeness (QED) is 0.617. The average Bonchev–Trinajstić information content (AvgIpc) is 2.74. The Morgan fingerprint density at radius 1 is 1.03 bits per heavy atom. The Morgan fingerprint density at radius 2 is 1.72 bits per heavy atom. The molecule has 1 aromatic rings. The van der Waals surface area contributed by atoms with Crippen molar-refractivity contribution in [1.82, 2.24) is 10.6 Å². The molecule has 0 bridgehead atoms. The lowest BCUT2D eigenvalue weighted by molar-refractivity contribution is -0.151. The lowest BCUT2D eigenvalue weighted by Crippen LogP contribution is -2.46. The highest BCUT2D eigenvalue weighted by molar-refractivity contribution is 5.84. The fraction of sp³-hybridized carbons (Fsp3) is 0.591. The van der Waals surface area contributed by atoms with Gasteiger partial charge in [-0.15, -0.1) is 0 Å². The van der Waals surface area contributed by atoms with Gasteiger partial charge in [0.15, 0.2) is 6.61 Å². The van der Waals surface area contributed by atoms with Crippen LogP contribution in [0.5, 0.6) is 0 Å². The molecule has 160 valence electrons. The predicted molar refractivity (Wildman–Crippen MR) is 109 cm³/mol. The smallest absolute Gasteiger partial charge is 0.408 e. The first-order valence-corrected chi connectivity index (χ1v) is 10.4. The zero-order valence-electron chi connectivity index (χ0n) is 17.3. The Labute approximate surface area is 172 Å². The molecule has 29 heavy (non-hydrogen) atoms. The number of rotatable bonds is 9. The second-order valence-corrected chi connectivity index (χ2v) is 7.84. The van der Waals surface area contributed by atoms with Crippen molar-refractivity contribution in [3.63, 3.8) is 0 Å². The van der Waals surface area contributed by atoms with Crippen molar-refractivity contribution in [2.75, 3.05) is 13.2 Å². The predicted octanol–water partition coefficient (Wildman–Crippen LogP) is 3.18. The van der Waals surface area contributed by atoms with Gasteiger partial charge in [0.25, 0.3) is 5.91 Å². The lowest BCUT2D eigenvalue weighted by atomic mass is 9.89. The molecule has 0 saturated heterocycles. The van der Waals surface area contributed by atoms with Crippen LogP contribution in [0.1, 0.15) is 51.5 Å². The van der Waals surface area contributed by atoms with Gasteiger partial charge in [0.05, 0.1) is 0 Å². The van der Waals surface area contributed by atoms with E-state index < -0.39 is 18.1 Å². The van der Waals surface area contributed by atoms with Crippen molar-refractivity contribution in [3.05, 3.63) is 35.9 Å². The largest absolute Gasteiger partial charge is 0.454 e. The molecular weight excluding hydrogens is 372 g/mol. The summed E-state index contributed by atoms with van der Waals surface area (Å²) in [7, 11) is 0. The van der Waals surface area contributed by atoms with Gasteiger partial charge in [0.1, 0.15) is 12.6 Å². The van der Waals surface area contributed by atoms with E-state index in [2.05, 4.69) is 10.6 Å². The SMILES string of the molecule is CC(C)[C@@H](NC(=O)OCc1ccccc1)C(=O)OCC(=O)NCC1CCCCC1. The van der Waals surface area contributed by atoms with E-state index in [1.54, 1.807) is 13.8 Å². The zero-order chi connectivity index (χ0) is 21.1. The number of hydrogen-bond acceptors (Lipinski definition) is 5. The monoisotopic (exact) mass is 404 g/mol. The van der Waals surface area contributed by atoms with Crippen molar-refractivity contribution >= 4 is 18.0 Å². The highest BCUT2D eigenvalue weighted by atomic mass is 16.6. The van der Waals surface area contributed by atoms with Crippen molar-refractivity contribution in [3.8, 4) is 0 Å². The number of hydrogen-bond donors (Lipinski definition) is 2. The van der Waals surface area contributed by atoms with Crippen LogP contribution < -0.4 is 10.6 Å². The summed E-state index contributed by atoms with van der Waals surface area (Å²) in [6.45, 7) is 3.94. The number of amides is 2. The molecule has 7 nitrogen and oxygen atoms in total. The highest BCUT2D eigenvalue weighted by Crippen LogP contribution is 2.22. The van der Waals surface area contributed by atoms with Crippen LogP contribution in [0.3, 0.4) is 0 Å². The summed E-state index contributed by atoms with van der Waals surface area (Å²) in [4.78, 5) is 36.3. The zero-order valence-corrected chi connectivity index (χ0v) is 17.3. The van der Waals surface area contributed by atoms with E-state index in [0.717, 1.165) is 18.4 Å². The van der Waals surface area contributed by atoms with Gasteiger partial charge in [-0.1, -0.05) is 63.4 Å². The maximum atomic E-state index is 12.3. The molecular formula is C22H32N2O5. The minimum atomic E-state index is -0.885. The summed E-state index contributed by atoms with van der Waals surface area (Å²) in [5.74, 6) is -0.674. The first-order chi connectivity index (χ1) is 14.0. The van der Waals surface area contributed by atoms with Crippen molar-refractivity contribution in [2.45, 2.75) is 58.6 Å². The van der Waals surface area contributed by atoms with Gasteiger partial charge < -0.3 is 20.1 Å². The molecule has 0 aliphatic heterocycles. The molecule has 0 aromatic heterocycles. The number of benzene rings is 1. The number of ether oxygens (including phenoxy) is 2. The second kappa shape index (κ2) is 12.1. The summed E-state index contributed by atoms with van der Waals surface area (Å²) in [5, 5.41) is 5.35. The molecule has 0 heterocycles. The van der Waals surface area contributed by atoms with E-state index in [9.17, 15) is 14.4 Å². The third kappa shape index (κ3) is 8.54. The maximum Gasteiger partial charge on any atom is 0.408 e. The molecule has 2 N–H and O–H groups in total. The van der Waals surface area contributed by atoms with Gasteiger partial charge in [-0.2, -0.15) is 0 Å². The summed E-state index contributed by atoms with van der Waals surface area (Å²) in [5.41, 5.74) is 0.848. The summed E-state index contributed by atoms with van der Waals surface area (Å²) >= 11 is 0. The number of alkyl carbamates (subject to hydrolysis) is 1. The first kappa shape index (κ1) is 22.7. The molecule has 2 amide bonds. The van der Waals surface area contributed by atoms with Gasteiger partial charge in [-0.25, -0.2) is 9.59 Å². The van der Waals surface area contributed by atoms with Crippen LogP contribution in [0.2, 0.25) is 0 Å². The lowest BCUT2D eigenvalue weighted by Gasteiger charge is -2.22. The van der Waals surface area contributed by atoms with E-state index in [4.69, 9.17) is 9.47 Å². The highest BCUT2D eigenvalue weighted by Gasteiger charge is 2.27. The van der Waals surface area contributed by atoms with E-state index in [1.165, 1.54) is 19.3 Å². The van der Waals surface area contributed by atoms with E-state index in [1.807, 2.05) is 30.3 Å². The number of esters is 1. The van der Waals surface area contributed by atoms with Crippen LogP contribution >= 0.6 is 0 Å². The van der Waals surface area contributed by atoms with Crippen LogP contribution in [0.15, 0.2) is 30.3 Å². The molecule has 1 saturated carbocycles. The maximum absolute atomic E-state index is 12.3. The number of carbonyl (C=O) groups is 3. The Hall–Kier alpha value is -2.57. The number of carbonyl (C=O) groups excluding carboxylic acids is 3. The molecule has 1 fully saturated rings. The Balaban J connectivity index is 1.71. The summed E-state index contributed by atoms with van der Waals surface area (Å²) < 4.78 is 10.3. The van der Waals surface area contributed by atoms with Gasteiger partial charge in [-0.05, 0) is 30.2 Å². The topological polar surface area (TPSA) is 93.7 Å². The molecule has 0 radical (unpaired) electrons. The molecule has 1 aliphatic carbocycles. The van der Waals surface area contributed by atoms with Gasteiger partial charge >= 0.3 is 12.1 Å². The standard InChI is InChI=1S/C22H32N2O5/c1-16(2)20(24-22(27)29-14-18-11-7-4-8-12-18)21(26)28-15-19(25)23-13-17-9-5-3-6-10-17/h4,7-8,11-12,16-17,20H,3,5-6,9-10,13-15H2,1-2H3,(H,23,25)(H,24,27)/t20-/m1/s1. The van der Waals surface area contributed by atoms with Crippen LogP contribution in [-0.2, 0) is 25.7 Å². The van der Waals surface area contributed by atoms with Gasteiger partial charge in [0, 0.05) is 6.54 Å². The fourth-order valence-corrected chi connectivity index (χ4v) is 3.32. The molecule has 0 spiro atoms. The van der Waals surface area contributed by atoms with Crippen LogP contribution in [0.25, 0.3) is 0 Å². The molecule has 0 unspecified atom stereocenters. The van der Waals surface area contributed by atoms with E-state index in [0.29, 0.717) is 12.5 Å². The van der Waals surface area contributed by atoms with Crippen LogP contribution in [-0.4, -0.2) is 37.2 Å². The summed E-state index contributed by atoms with van der Waals surface area (Å²) in [6, 6.07) is 8.37. The van der Waals surface area contributed by atoms with Gasteiger partial charge in [-0.3, -0.25) is 4.79 Å². The molecule has 1 aliphatic rings. The van der Waals surface area contributed by atoms with Gasteiger partial charge in [0.2, 0.25) is 0 Å². The molecule has 2 rings (SSSR count). The minimum Gasteiger partial charge on any atom is -0.454 e. The molecule has 1 atom stereocenters. The van der Waals surface area contributed by atoms with Crippen LogP contribution in [0, 0.1) is 11.8 Å². The number of nitrogens with one attached hydrogen (secondary N) is 2. The summed E-state index contributed by atoms with van der Waals surface area (Å²) in [6.07, 6.45) is 5.23. The Bertz CT molecular complexity index is 656.